The number of nitrogens with zero attached hydrogens (tertiary/aromatic N) is 2. The van der Waals surface area contributed by atoms with Gasteiger partial charge in [-0.25, -0.2) is 9.97 Å². The van der Waals surface area contributed by atoms with Crippen molar-refractivity contribution in [1.29, 1.82) is 0 Å². The summed E-state index contributed by atoms with van der Waals surface area (Å²) < 4.78 is 0. The highest BCUT2D eigenvalue weighted by atomic mass is 16.3. The first-order valence-corrected chi connectivity index (χ1v) is 6.68. The lowest BCUT2D eigenvalue weighted by Gasteiger charge is -2.33. The number of nitrogens with one attached hydrogen (secondary N) is 2. The lowest BCUT2D eigenvalue weighted by atomic mass is 9.89. The second-order valence-corrected chi connectivity index (χ2v) is 5.39. The second-order valence-electron chi connectivity index (χ2n) is 5.39. The minimum atomic E-state index is -0.142. The van der Waals surface area contributed by atoms with Crippen molar-refractivity contribution in [3.05, 3.63) is 11.4 Å². The van der Waals surface area contributed by atoms with E-state index in [4.69, 9.17) is 0 Å². The fourth-order valence-electron chi connectivity index (χ4n) is 2.34. The van der Waals surface area contributed by atoms with Crippen molar-refractivity contribution in [1.82, 2.24) is 9.97 Å². The predicted octanol–water partition coefficient (Wildman–Crippen LogP) is 1.64. The van der Waals surface area contributed by atoms with E-state index in [0.717, 1.165) is 35.9 Å². The molecule has 5 heteroatoms. The third-order valence-corrected chi connectivity index (χ3v) is 3.80. The van der Waals surface area contributed by atoms with Gasteiger partial charge in [-0.3, -0.25) is 0 Å². The summed E-state index contributed by atoms with van der Waals surface area (Å²) in [6.45, 7) is 2.03. The molecular formula is C13H20N4O. The zero-order chi connectivity index (χ0) is 12.7. The molecule has 0 unspecified atom stereocenters. The summed E-state index contributed by atoms with van der Waals surface area (Å²) in [6.07, 6.45) is 3.90. The first kappa shape index (κ1) is 11.7. The van der Waals surface area contributed by atoms with Crippen molar-refractivity contribution < 1.29 is 5.11 Å². The van der Waals surface area contributed by atoms with Gasteiger partial charge in [0.25, 0.3) is 0 Å². The minimum absolute atomic E-state index is 0.142. The molecule has 1 aromatic rings. The summed E-state index contributed by atoms with van der Waals surface area (Å²) in [5.41, 5.74) is 1.06. The zero-order valence-corrected chi connectivity index (χ0v) is 10.9. The summed E-state index contributed by atoms with van der Waals surface area (Å²) in [5, 5.41) is 15.9. The lowest BCUT2D eigenvalue weighted by molar-refractivity contribution is 0.0835. The van der Waals surface area contributed by atoms with Gasteiger partial charge in [-0.1, -0.05) is 0 Å². The van der Waals surface area contributed by atoms with Gasteiger partial charge in [0.1, 0.15) is 17.5 Å². The molecule has 0 radical (unpaired) electrons. The van der Waals surface area contributed by atoms with Crippen LogP contribution in [-0.2, 0) is 0 Å². The van der Waals surface area contributed by atoms with E-state index in [1.807, 2.05) is 14.0 Å². The molecule has 3 N–H and O–H groups in total. The van der Waals surface area contributed by atoms with Crippen LogP contribution in [0, 0.1) is 6.92 Å². The Labute approximate surface area is 107 Å². The summed E-state index contributed by atoms with van der Waals surface area (Å²) in [6, 6.07) is 0.352. The van der Waals surface area contributed by atoms with Crippen LogP contribution < -0.4 is 10.6 Å². The van der Waals surface area contributed by atoms with Gasteiger partial charge in [-0.15, -0.1) is 0 Å². The van der Waals surface area contributed by atoms with E-state index < -0.39 is 0 Å². The summed E-state index contributed by atoms with van der Waals surface area (Å²) in [4.78, 5) is 9.21. The Morgan fingerprint density at radius 3 is 2.39 bits per heavy atom. The van der Waals surface area contributed by atoms with Crippen LogP contribution in [0.2, 0.25) is 0 Å². The van der Waals surface area contributed by atoms with Crippen LogP contribution in [-0.4, -0.2) is 34.3 Å². The van der Waals surface area contributed by atoms with E-state index in [1.54, 1.807) is 0 Å². The molecule has 3 rings (SSSR count). The van der Waals surface area contributed by atoms with Gasteiger partial charge in [-0.2, -0.15) is 0 Å². The van der Waals surface area contributed by atoms with Gasteiger partial charge in [0, 0.05) is 24.6 Å². The number of aromatic nitrogens is 2. The van der Waals surface area contributed by atoms with Crippen molar-refractivity contribution in [2.24, 2.45) is 0 Å². The Kier molecular flexibility index (Phi) is 2.86. The number of hydrogen-bond acceptors (Lipinski definition) is 5. The van der Waals surface area contributed by atoms with E-state index in [-0.39, 0.29) is 6.10 Å². The Morgan fingerprint density at radius 2 is 1.83 bits per heavy atom. The Morgan fingerprint density at radius 1 is 1.17 bits per heavy atom. The fraction of sp³-hybridized carbons (Fsp3) is 0.692. The van der Waals surface area contributed by atoms with E-state index >= 15 is 0 Å². The zero-order valence-electron chi connectivity index (χ0n) is 10.9. The van der Waals surface area contributed by atoms with Gasteiger partial charge < -0.3 is 15.7 Å². The van der Waals surface area contributed by atoms with Crippen LogP contribution in [0.5, 0.6) is 0 Å². The van der Waals surface area contributed by atoms with Gasteiger partial charge in [0.15, 0.2) is 0 Å². The molecule has 1 aromatic heterocycles. The van der Waals surface area contributed by atoms with E-state index in [1.165, 1.54) is 12.8 Å². The lowest BCUT2D eigenvalue weighted by Crippen LogP contribution is -2.39. The first-order valence-electron chi connectivity index (χ1n) is 6.68. The standard InChI is InChI=1S/C13H20N4O/c1-7-11(14-2)16-13(8-3-4-8)17-12(7)15-9-5-10(18)6-9/h8-10,18H,3-6H2,1-2H3,(H2,14,15,16,17). The molecule has 2 aliphatic rings. The van der Waals surface area contributed by atoms with Crippen LogP contribution in [0.15, 0.2) is 0 Å². The number of hydrogen-bond donors (Lipinski definition) is 3. The van der Waals surface area contributed by atoms with E-state index in [2.05, 4.69) is 20.6 Å². The monoisotopic (exact) mass is 248 g/mol. The molecule has 18 heavy (non-hydrogen) atoms. The SMILES string of the molecule is CNc1nc(C2CC2)nc(NC2CC(O)C2)c1C. The molecule has 0 atom stereocenters. The average Bonchev–Trinajstić information content (AvgIpc) is 3.13. The van der Waals surface area contributed by atoms with Gasteiger partial charge in [-0.05, 0) is 32.6 Å². The second kappa shape index (κ2) is 4.39. The maximum Gasteiger partial charge on any atom is 0.136 e. The minimum Gasteiger partial charge on any atom is -0.393 e. The normalized spacial score (nSPS) is 26.6. The molecule has 2 saturated carbocycles. The maximum absolute atomic E-state index is 9.33. The van der Waals surface area contributed by atoms with Crippen LogP contribution in [0.3, 0.4) is 0 Å². The van der Waals surface area contributed by atoms with Crippen LogP contribution in [0.4, 0.5) is 11.6 Å². The molecule has 2 aliphatic carbocycles. The molecule has 5 nitrogen and oxygen atoms in total. The summed E-state index contributed by atoms with van der Waals surface area (Å²) in [7, 11) is 1.89. The first-order chi connectivity index (χ1) is 8.67. The van der Waals surface area contributed by atoms with Crippen molar-refractivity contribution in [3.63, 3.8) is 0 Å². The van der Waals surface area contributed by atoms with Crippen molar-refractivity contribution in [2.45, 2.75) is 50.7 Å². The molecule has 2 fully saturated rings. The number of anilines is 2. The quantitative estimate of drug-likeness (QED) is 0.755. The van der Waals surface area contributed by atoms with E-state index in [9.17, 15) is 5.11 Å². The van der Waals surface area contributed by atoms with Gasteiger partial charge in [0.2, 0.25) is 0 Å². The van der Waals surface area contributed by atoms with Crippen LogP contribution in [0.1, 0.15) is 43.0 Å². The molecular weight excluding hydrogens is 228 g/mol. The topological polar surface area (TPSA) is 70.1 Å². The van der Waals surface area contributed by atoms with Crippen LogP contribution >= 0.6 is 0 Å². The predicted molar refractivity (Wildman–Crippen MR) is 70.9 cm³/mol. The molecule has 0 spiro atoms. The Hall–Kier alpha value is -1.36. The average molecular weight is 248 g/mol. The van der Waals surface area contributed by atoms with Gasteiger partial charge >= 0.3 is 0 Å². The van der Waals surface area contributed by atoms with Crippen molar-refractivity contribution >= 4 is 11.6 Å². The highest BCUT2D eigenvalue weighted by molar-refractivity contribution is 5.58. The van der Waals surface area contributed by atoms with Crippen LogP contribution in [0.25, 0.3) is 0 Å². The van der Waals surface area contributed by atoms with Crippen molar-refractivity contribution in [2.75, 3.05) is 17.7 Å². The van der Waals surface area contributed by atoms with E-state index in [0.29, 0.717) is 12.0 Å². The molecule has 0 saturated heterocycles. The maximum atomic E-state index is 9.33. The summed E-state index contributed by atoms with van der Waals surface area (Å²) in [5.74, 6) is 3.33. The third-order valence-electron chi connectivity index (χ3n) is 3.80. The fourth-order valence-corrected chi connectivity index (χ4v) is 2.34. The molecule has 0 aromatic carbocycles. The summed E-state index contributed by atoms with van der Waals surface area (Å²) >= 11 is 0. The molecule has 0 aliphatic heterocycles. The smallest absolute Gasteiger partial charge is 0.136 e. The largest absolute Gasteiger partial charge is 0.393 e. The molecule has 1 heterocycles. The molecule has 0 bridgehead atoms. The Bertz CT molecular complexity index is 453. The van der Waals surface area contributed by atoms with Gasteiger partial charge in [0.05, 0.1) is 6.10 Å². The number of aliphatic hydroxyl groups is 1. The number of aliphatic hydroxyl groups excluding tert-OH is 1. The van der Waals surface area contributed by atoms with Crippen molar-refractivity contribution in [3.8, 4) is 0 Å². The Balaban J connectivity index is 1.84. The third kappa shape index (κ3) is 2.14. The number of rotatable bonds is 4. The molecule has 98 valence electrons. The highest BCUT2D eigenvalue weighted by Gasteiger charge is 2.30. The molecule has 0 amide bonds. The highest BCUT2D eigenvalue weighted by Crippen LogP contribution is 2.39.